The average molecular weight is 405 g/mol. The highest BCUT2D eigenvalue weighted by atomic mass is 35.5. The number of carbonyl (C=O) groups excluding carboxylic acids is 3. The van der Waals surface area contributed by atoms with Gasteiger partial charge in [-0.3, -0.25) is 19.4 Å². The highest BCUT2D eigenvalue weighted by Crippen LogP contribution is 2.10. The first kappa shape index (κ1) is 19.8. The van der Waals surface area contributed by atoms with Crippen LogP contribution < -0.4 is 5.32 Å². The minimum absolute atomic E-state index is 0.116. The fourth-order valence-corrected chi connectivity index (χ4v) is 2.90. The van der Waals surface area contributed by atoms with Crippen molar-refractivity contribution in [2.24, 2.45) is 0 Å². The summed E-state index contributed by atoms with van der Waals surface area (Å²) in [6.45, 7) is 1.21. The molecule has 7 nitrogen and oxygen atoms in total. The van der Waals surface area contributed by atoms with Gasteiger partial charge in [0.05, 0.1) is 17.3 Å². The molecule has 1 saturated heterocycles. The van der Waals surface area contributed by atoms with Crippen molar-refractivity contribution < 1.29 is 18.8 Å². The van der Waals surface area contributed by atoms with E-state index < -0.39 is 17.6 Å². The van der Waals surface area contributed by atoms with Gasteiger partial charge >= 0.3 is 11.8 Å². The molecule has 0 bridgehead atoms. The Bertz CT molecular complexity index is 866. The molecule has 0 unspecified atom stereocenters. The van der Waals surface area contributed by atoms with Crippen LogP contribution in [0.15, 0.2) is 42.6 Å². The van der Waals surface area contributed by atoms with Gasteiger partial charge < -0.3 is 15.1 Å². The number of nitrogens with zero attached hydrogens (tertiary/aromatic N) is 3. The predicted molar refractivity (Wildman–Crippen MR) is 100.0 cm³/mol. The van der Waals surface area contributed by atoms with Crippen LogP contribution in [0.1, 0.15) is 16.1 Å². The molecule has 146 valence electrons. The van der Waals surface area contributed by atoms with Crippen LogP contribution in [-0.2, 0) is 16.1 Å². The van der Waals surface area contributed by atoms with Crippen LogP contribution in [0, 0.1) is 5.82 Å². The smallest absolute Gasteiger partial charge is 0.312 e. The summed E-state index contributed by atoms with van der Waals surface area (Å²) >= 11 is 5.75. The highest BCUT2D eigenvalue weighted by Gasteiger charge is 2.28. The molecule has 1 aromatic carbocycles. The maximum atomic E-state index is 13.0. The molecule has 9 heteroatoms. The summed E-state index contributed by atoms with van der Waals surface area (Å²) in [6, 6.07) is 8.61. The van der Waals surface area contributed by atoms with Crippen LogP contribution in [-0.4, -0.2) is 58.7 Å². The van der Waals surface area contributed by atoms with Gasteiger partial charge in [-0.2, -0.15) is 0 Å². The third-order valence-corrected chi connectivity index (χ3v) is 4.58. The maximum absolute atomic E-state index is 13.0. The molecule has 2 aromatic rings. The van der Waals surface area contributed by atoms with E-state index in [2.05, 4.69) is 10.3 Å². The van der Waals surface area contributed by atoms with Crippen molar-refractivity contribution in [2.75, 3.05) is 26.2 Å². The normalized spacial score (nSPS) is 13.9. The Labute approximate surface area is 166 Å². The molecule has 1 aromatic heterocycles. The topological polar surface area (TPSA) is 82.6 Å². The van der Waals surface area contributed by atoms with Crippen molar-refractivity contribution in [2.45, 2.75) is 6.54 Å². The van der Waals surface area contributed by atoms with E-state index in [9.17, 15) is 18.8 Å². The molecule has 3 rings (SSSR count). The van der Waals surface area contributed by atoms with E-state index in [1.165, 1.54) is 35.4 Å². The lowest BCUT2D eigenvalue weighted by molar-refractivity contribution is -0.146. The summed E-state index contributed by atoms with van der Waals surface area (Å²) in [6.07, 6.45) is 1.46. The van der Waals surface area contributed by atoms with E-state index in [1.807, 2.05) is 0 Å². The number of halogens is 2. The Morgan fingerprint density at radius 1 is 1.00 bits per heavy atom. The molecule has 3 amide bonds. The highest BCUT2D eigenvalue weighted by molar-refractivity contribution is 6.35. The summed E-state index contributed by atoms with van der Waals surface area (Å²) in [4.78, 5) is 43.8. The summed E-state index contributed by atoms with van der Waals surface area (Å²) in [5.41, 5.74) is 0.967. The van der Waals surface area contributed by atoms with Crippen molar-refractivity contribution in [1.82, 2.24) is 20.1 Å². The molecule has 0 saturated carbocycles. The standard InChI is InChI=1S/C19H18ClFN4O3/c20-14-3-6-16(22-11-14)12-23-17(26)19(28)25-9-7-24(8-10-25)18(27)13-1-4-15(21)5-2-13/h1-6,11H,7-10,12H2,(H,23,26). The van der Waals surface area contributed by atoms with Crippen LogP contribution in [0.5, 0.6) is 0 Å². The monoisotopic (exact) mass is 404 g/mol. The minimum atomic E-state index is -0.727. The minimum Gasteiger partial charge on any atom is -0.342 e. The van der Waals surface area contributed by atoms with Gasteiger partial charge in [0.2, 0.25) is 0 Å². The van der Waals surface area contributed by atoms with Gasteiger partial charge in [0.1, 0.15) is 5.82 Å². The summed E-state index contributed by atoms with van der Waals surface area (Å²) in [5.74, 6) is -2.02. The van der Waals surface area contributed by atoms with Crippen molar-refractivity contribution in [3.63, 3.8) is 0 Å². The summed E-state index contributed by atoms with van der Waals surface area (Å²) in [7, 11) is 0. The largest absolute Gasteiger partial charge is 0.342 e. The van der Waals surface area contributed by atoms with Crippen LogP contribution >= 0.6 is 11.6 Å². The zero-order valence-corrected chi connectivity index (χ0v) is 15.7. The van der Waals surface area contributed by atoms with E-state index in [0.717, 1.165) is 0 Å². The zero-order valence-electron chi connectivity index (χ0n) is 14.9. The molecule has 0 radical (unpaired) electrons. The zero-order chi connectivity index (χ0) is 20.1. The van der Waals surface area contributed by atoms with Crippen LogP contribution in [0.4, 0.5) is 4.39 Å². The number of carbonyl (C=O) groups is 3. The first-order valence-corrected chi connectivity index (χ1v) is 9.04. The van der Waals surface area contributed by atoms with Crippen LogP contribution in [0.2, 0.25) is 5.02 Å². The second-order valence-corrected chi connectivity index (χ2v) is 6.68. The Kier molecular flexibility index (Phi) is 6.20. The Hall–Kier alpha value is -3.00. The first-order valence-electron chi connectivity index (χ1n) is 8.66. The van der Waals surface area contributed by atoms with Gasteiger partial charge in [0, 0.05) is 37.9 Å². The number of rotatable bonds is 3. The SMILES string of the molecule is O=C(NCc1ccc(Cl)cn1)C(=O)N1CCN(C(=O)c2ccc(F)cc2)CC1. The number of nitrogens with one attached hydrogen (secondary N) is 1. The number of benzene rings is 1. The molecule has 28 heavy (non-hydrogen) atoms. The lowest BCUT2D eigenvalue weighted by Crippen LogP contribution is -2.53. The number of hydrogen-bond acceptors (Lipinski definition) is 4. The second kappa shape index (κ2) is 8.79. The molecule has 2 heterocycles. The molecule has 1 aliphatic heterocycles. The lowest BCUT2D eigenvalue weighted by atomic mass is 10.1. The van der Waals surface area contributed by atoms with Crippen molar-refractivity contribution in [1.29, 1.82) is 0 Å². The van der Waals surface area contributed by atoms with E-state index in [0.29, 0.717) is 29.4 Å². The van der Waals surface area contributed by atoms with Gasteiger partial charge in [0.15, 0.2) is 0 Å². The molecular formula is C19H18ClFN4O3. The first-order chi connectivity index (χ1) is 13.4. The van der Waals surface area contributed by atoms with Gasteiger partial charge in [0.25, 0.3) is 5.91 Å². The molecule has 1 aliphatic rings. The Morgan fingerprint density at radius 2 is 1.64 bits per heavy atom. The van der Waals surface area contributed by atoms with Crippen molar-refractivity contribution in [3.05, 3.63) is 64.7 Å². The quantitative estimate of drug-likeness (QED) is 0.785. The number of amides is 3. The van der Waals surface area contributed by atoms with Crippen LogP contribution in [0.25, 0.3) is 0 Å². The number of aromatic nitrogens is 1. The maximum Gasteiger partial charge on any atom is 0.312 e. The third kappa shape index (κ3) is 4.83. The second-order valence-electron chi connectivity index (χ2n) is 6.24. The lowest BCUT2D eigenvalue weighted by Gasteiger charge is -2.34. The van der Waals surface area contributed by atoms with Gasteiger partial charge in [-0.15, -0.1) is 0 Å². The molecule has 0 spiro atoms. The Balaban J connectivity index is 1.48. The van der Waals surface area contributed by atoms with Gasteiger partial charge in [-0.1, -0.05) is 11.6 Å². The van der Waals surface area contributed by atoms with Gasteiger partial charge in [-0.05, 0) is 36.4 Å². The van der Waals surface area contributed by atoms with Crippen LogP contribution in [0.3, 0.4) is 0 Å². The third-order valence-electron chi connectivity index (χ3n) is 4.36. The molecule has 1 N–H and O–H groups in total. The summed E-state index contributed by atoms with van der Waals surface area (Å²) < 4.78 is 13.0. The van der Waals surface area contributed by atoms with E-state index in [1.54, 1.807) is 17.0 Å². The van der Waals surface area contributed by atoms with Crippen molar-refractivity contribution in [3.8, 4) is 0 Å². The van der Waals surface area contributed by atoms with E-state index in [-0.39, 0.29) is 25.5 Å². The molecule has 0 aliphatic carbocycles. The number of pyridine rings is 1. The number of piperazine rings is 1. The molecular weight excluding hydrogens is 387 g/mol. The Morgan fingerprint density at radius 3 is 2.25 bits per heavy atom. The average Bonchev–Trinajstić information content (AvgIpc) is 2.73. The number of hydrogen-bond donors (Lipinski definition) is 1. The fraction of sp³-hybridized carbons (Fsp3) is 0.263. The molecule has 1 fully saturated rings. The van der Waals surface area contributed by atoms with E-state index in [4.69, 9.17) is 11.6 Å². The van der Waals surface area contributed by atoms with E-state index >= 15 is 0 Å². The van der Waals surface area contributed by atoms with Gasteiger partial charge in [-0.25, -0.2) is 4.39 Å². The summed E-state index contributed by atoms with van der Waals surface area (Å²) in [5, 5.41) is 3.01. The predicted octanol–water partition coefficient (Wildman–Crippen LogP) is 1.47. The fourth-order valence-electron chi connectivity index (χ4n) is 2.79. The van der Waals surface area contributed by atoms with Crippen molar-refractivity contribution >= 4 is 29.3 Å². The molecule has 0 atom stereocenters.